The van der Waals surface area contributed by atoms with E-state index in [-0.39, 0.29) is 6.04 Å². The van der Waals surface area contributed by atoms with Gasteiger partial charge >= 0.3 is 0 Å². The van der Waals surface area contributed by atoms with E-state index < -0.39 is 10.0 Å². The second kappa shape index (κ2) is 5.60. The molecule has 0 saturated carbocycles. The van der Waals surface area contributed by atoms with Gasteiger partial charge in [-0.3, -0.25) is 4.68 Å². The van der Waals surface area contributed by atoms with Crippen LogP contribution in [0.2, 0.25) is 0 Å². The molecule has 1 unspecified atom stereocenters. The van der Waals surface area contributed by atoms with Gasteiger partial charge in [-0.15, -0.1) is 0 Å². The average Bonchev–Trinajstić information content (AvgIpc) is 2.63. The van der Waals surface area contributed by atoms with Crippen molar-refractivity contribution in [2.75, 3.05) is 13.1 Å². The van der Waals surface area contributed by atoms with Crippen molar-refractivity contribution in [3.63, 3.8) is 0 Å². The summed E-state index contributed by atoms with van der Waals surface area (Å²) in [6, 6.07) is 0.237. The van der Waals surface area contributed by atoms with Crippen LogP contribution in [0.3, 0.4) is 0 Å². The van der Waals surface area contributed by atoms with Crippen molar-refractivity contribution in [3.8, 4) is 0 Å². The van der Waals surface area contributed by atoms with Crippen molar-refractivity contribution in [1.82, 2.24) is 19.8 Å². The van der Waals surface area contributed by atoms with E-state index in [9.17, 15) is 8.42 Å². The summed E-state index contributed by atoms with van der Waals surface area (Å²) < 4.78 is 29.0. The molecule has 19 heavy (non-hydrogen) atoms. The van der Waals surface area contributed by atoms with Gasteiger partial charge in [-0.2, -0.15) is 5.10 Å². The molecule has 1 fully saturated rings. The molecule has 0 bridgehead atoms. The third kappa shape index (κ3) is 3.16. The first-order chi connectivity index (χ1) is 8.92. The molecule has 2 N–H and O–H groups in total. The molecular formula is C12H22N4O2S. The molecule has 1 aliphatic heterocycles. The van der Waals surface area contributed by atoms with Crippen LogP contribution in [0.15, 0.2) is 4.90 Å². The predicted octanol–water partition coefficient (Wildman–Crippen LogP) is 0.457. The Morgan fingerprint density at radius 2 is 2.16 bits per heavy atom. The first-order valence-electron chi connectivity index (χ1n) is 6.65. The zero-order chi connectivity index (χ0) is 14.0. The van der Waals surface area contributed by atoms with Gasteiger partial charge < -0.3 is 5.32 Å². The predicted molar refractivity (Wildman–Crippen MR) is 73.5 cm³/mol. The maximum absolute atomic E-state index is 12.3. The topological polar surface area (TPSA) is 76.0 Å². The smallest absolute Gasteiger partial charge is 0.244 e. The van der Waals surface area contributed by atoms with Crippen molar-refractivity contribution >= 4 is 10.0 Å². The molecule has 0 spiro atoms. The fourth-order valence-electron chi connectivity index (χ4n) is 2.52. The van der Waals surface area contributed by atoms with Gasteiger partial charge in [0.2, 0.25) is 10.0 Å². The molecule has 2 heterocycles. The van der Waals surface area contributed by atoms with Gasteiger partial charge in [0.25, 0.3) is 0 Å². The zero-order valence-electron chi connectivity index (χ0n) is 11.7. The van der Waals surface area contributed by atoms with E-state index in [4.69, 9.17) is 0 Å². The number of aryl methyl sites for hydroxylation is 2. The van der Waals surface area contributed by atoms with Crippen LogP contribution in [0.4, 0.5) is 0 Å². The highest BCUT2D eigenvalue weighted by Crippen LogP contribution is 2.18. The fraction of sp³-hybridized carbons (Fsp3) is 0.750. The average molecular weight is 286 g/mol. The van der Waals surface area contributed by atoms with Gasteiger partial charge in [-0.1, -0.05) is 6.42 Å². The molecule has 2 rings (SSSR count). The van der Waals surface area contributed by atoms with Gasteiger partial charge in [0.05, 0.1) is 11.4 Å². The molecule has 1 aliphatic rings. The van der Waals surface area contributed by atoms with Gasteiger partial charge in [-0.25, -0.2) is 13.1 Å². The molecule has 0 radical (unpaired) electrons. The van der Waals surface area contributed by atoms with Gasteiger partial charge in [0.15, 0.2) is 0 Å². The third-order valence-corrected chi connectivity index (χ3v) is 5.32. The molecule has 0 amide bonds. The number of sulfonamides is 1. The Bertz CT molecular complexity index is 544. The molecule has 6 nitrogen and oxygen atoms in total. The second-order valence-electron chi connectivity index (χ2n) is 5.12. The van der Waals surface area contributed by atoms with Crippen LogP contribution in [0.25, 0.3) is 0 Å². The minimum Gasteiger partial charge on any atom is -0.313 e. The van der Waals surface area contributed by atoms with Crippen LogP contribution >= 0.6 is 0 Å². The second-order valence-corrected chi connectivity index (χ2v) is 6.83. The van der Waals surface area contributed by atoms with Gasteiger partial charge in [-0.05, 0) is 33.2 Å². The maximum Gasteiger partial charge on any atom is 0.244 e. The molecule has 1 aromatic heterocycles. The molecule has 1 aromatic rings. The summed E-state index contributed by atoms with van der Waals surface area (Å²) in [6.07, 6.45) is 3.35. The highest BCUT2D eigenvalue weighted by Gasteiger charge is 2.24. The molecule has 0 aromatic carbocycles. The third-order valence-electron chi connectivity index (χ3n) is 3.64. The summed E-state index contributed by atoms with van der Waals surface area (Å²) in [7, 11) is -1.72. The van der Waals surface area contributed by atoms with E-state index >= 15 is 0 Å². The van der Waals surface area contributed by atoms with E-state index in [1.807, 2.05) is 0 Å². The van der Waals surface area contributed by atoms with Crippen LogP contribution in [0.1, 0.15) is 30.7 Å². The first kappa shape index (κ1) is 14.5. The van der Waals surface area contributed by atoms with Crippen LogP contribution in [-0.4, -0.2) is 37.3 Å². The van der Waals surface area contributed by atoms with Crippen LogP contribution in [0, 0.1) is 13.8 Å². The standard InChI is InChI=1S/C12H22N4O2S/c1-9-12(10(2)16(3)15-9)19(17,18)14-8-11-6-4-5-7-13-11/h11,13-14H,4-8H2,1-3H3. The molecule has 108 valence electrons. The molecule has 7 heteroatoms. The van der Waals surface area contributed by atoms with E-state index in [0.717, 1.165) is 19.4 Å². The van der Waals surface area contributed by atoms with Crippen LogP contribution in [0.5, 0.6) is 0 Å². The minimum atomic E-state index is -3.47. The van der Waals surface area contributed by atoms with E-state index in [0.29, 0.717) is 22.8 Å². The Kier molecular flexibility index (Phi) is 4.27. The SMILES string of the molecule is Cc1nn(C)c(C)c1S(=O)(=O)NCC1CCCCN1. The summed E-state index contributed by atoms with van der Waals surface area (Å²) >= 11 is 0. The normalized spacial score (nSPS) is 20.7. The van der Waals surface area contributed by atoms with Crippen molar-refractivity contribution in [3.05, 3.63) is 11.4 Å². The zero-order valence-corrected chi connectivity index (χ0v) is 12.5. The molecule has 1 saturated heterocycles. The number of nitrogens with zero attached hydrogens (tertiary/aromatic N) is 2. The monoisotopic (exact) mass is 286 g/mol. The Morgan fingerprint density at radius 3 is 2.68 bits per heavy atom. The number of hydrogen-bond acceptors (Lipinski definition) is 4. The maximum atomic E-state index is 12.3. The van der Waals surface area contributed by atoms with Gasteiger partial charge in [0.1, 0.15) is 4.90 Å². The van der Waals surface area contributed by atoms with Crippen molar-refractivity contribution < 1.29 is 8.42 Å². The Balaban J connectivity index is 2.09. The lowest BCUT2D eigenvalue weighted by Gasteiger charge is -2.23. The molecule has 1 atom stereocenters. The summed E-state index contributed by atoms with van der Waals surface area (Å²) in [5, 5.41) is 7.48. The largest absolute Gasteiger partial charge is 0.313 e. The lowest BCUT2D eigenvalue weighted by molar-refractivity contribution is 0.398. The highest BCUT2D eigenvalue weighted by molar-refractivity contribution is 7.89. The fourth-order valence-corrected chi connectivity index (χ4v) is 4.04. The molecule has 0 aliphatic carbocycles. The summed E-state index contributed by atoms with van der Waals surface area (Å²) in [6.45, 7) is 4.90. The lowest BCUT2D eigenvalue weighted by atomic mass is 10.1. The van der Waals surface area contributed by atoms with E-state index in [2.05, 4.69) is 15.1 Å². The first-order valence-corrected chi connectivity index (χ1v) is 8.13. The number of nitrogens with one attached hydrogen (secondary N) is 2. The quantitative estimate of drug-likeness (QED) is 0.843. The van der Waals surface area contributed by atoms with Gasteiger partial charge in [0, 0.05) is 19.6 Å². The van der Waals surface area contributed by atoms with E-state index in [1.54, 1.807) is 25.6 Å². The van der Waals surface area contributed by atoms with Crippen molar-refractivity contribution in [2.24, 2.45) is 7.05 Å². The molecular weight excluding hydrogens is 264 g/mol. The number of hydrogen-bond donors (Lipinski definition) is 2. The summed E-state index contributed by atoms with van der Waals surface area (Å²) in [4.78, 5) is 0.311. The summed E-state index contributed by atoms with van der Waals surface area (Å²) in [5.74, 6) is 0. The highest BCUT2D eigenvalue weighted by atomic mass is 32.2. The Morgan fingerprint density at radius 1 is 1.42 bits per heavy atom. The number of rotatable bonds is 4. The van der Waals surface area contributed by atoms with Crippen LogP contribution in [-0.2, 0) is 17.1 Å². The lowest BCUT2D eigenvalue weighted by Crippen LogP contribution is -2.43. The Hall–Kier alpha value is -0.920. The number of aromatic nitrogens is 2. The van der Waals surface area contributed by atoms with Crippen molar-refractivity contribution in [1.29, 1.82) is 0 Å². The number of piperidine rings is 1. The minimum absolute atomic E-state index is 0.237. The van der Waals surface area contributed by atoms with Crippen molar-refractivity contribution in [2.45, 2.75) is 44.0 Å². The van der Waals surface area contributed by atoms with E-state index in [1.165, 1.54) is 6.42 Å². The van der Waals surface area contributed by atoms with Crippen LogP contribution < -0.4 is 10.0 Å². The Labute approximate surface area is 114 Å². The summed E-state index contributed by atoms with van der Waals surface area (Å²) in [5.41, 5.74) is 1.21.